The smallest absolute Gasteiger partial charge is 0.223 e. The van der Waals surface area contributed by atoms with Crippen molar-refractivity contribution >= 4 is 21.8 Å². The normalized spacial score (nSPS) is 14.2. The summed E-state index contributed by atoms with van der Waals surface area (Å²) in [6.07, 6.45) is 3.76. The Morgan fingerprint density at radius 1 is 1.40 bits per heavy atom. The molecule has 0 saturated heterocycles. The molecule has 0 N–H and O–H groups in total. The van der Waals surface area contributed by atoms with E-state index in [1.807, 2.05) is 29.2 Å². The van der Waals surface area contributed by atoms with E-state index in [0.717, 1.165) is 35.2 Å². The van der Waals surface area contributed by atoms with Gasteiger partial charge in [-0.2, -0.15) is 0 Å². The number of fused-ring (bicyclic) bond motifs is 1. The highest BCUT2D eigenvalue weighted by molar-refractivity contribution is 9.10. The summed E-state index contributed by atoms with van der Waals surface area (Å²) in [6, 6.07) is 8.03. The minimum atomic E-state index is 0.188. The third kappa shape index (κ3) is 2.77. The Hall–Kier alpha value is -1.62. The largest absolute Gasteiger partial charge is 0.361 e. The van der Waals surface area contributed by atoms with E-state index in [2.05, 4.69) is 21.1 Å². The maximum atomic E-state index is 12.3. The van der Waals surface area contributed by atoms with Crippen molar-refractivity contribution in [3.63, 3.8) is 0 Å². The first-order valence-electron chi connectivity index (χ1n) is 6.67. The number of hydrogen-bond donors (Lipinski definition) is 0. The fourth-order valence-electron chi connectivity index (χ4n) is 2.45. The second kappa shape index (κ2) is 5.79. The molecule has 20 heavy (non-hydrogen) atoms. The molecule has 104 valence electrons. The number of carbonyl (C=O) groups is 1. The third-order valence-electron chi connectivity index (χ3n) is 3.62. The van der Waals surface area contributed by atoms with Crippen LogP contribution >= 0.6 is 15.9 Å². The fourth-order valence-corrected chi connectivity index (χ4v) is 2.94. The minimum absolute atomic E-state index is 0.188. The molecule has 3 rings (SSSR count). The van der Waals surface area contributed by atoms with Crippen LogP contribution in [0.3, 0.4) is 0 Å². The Morgan fingerprint density at radius 3 is 3.10 bits per heavy atom. The van der Waals surface area contributed by atoms with Crippen LogP contribution in [0.25, 0.3) is 0 Å². The van der Waals surface area contributed by atoms with Gasteiger partial charge in [-0.15, -0.1) is 0 Å². The van der Waals surface area contributed by atoms with Crippen molar-refractivity contribution in [2.45, 2.75) is 25.8 Å². The first kappa shape index (κ1) is 13.4. The summed E-state index contributed by atoms with van der Waals surface area (Å²) in [5.41, 5.74) is 2.20. The Bertz CT molecular complexity index is 624. The highest BCUT2D eigenvalue weighted by Gasteiger charge is 2.23. The minimum Gasteiger partial charge on any atom is -0.361 e. The third-order valence-corrected chi connectivity index (χ3v) is 4.39. The van der Waals surface area contributed by atoms with Crippen molar-refractivity contribution in [1.82, 2.24) is 10.1 Å². The number of nitrogens with zero attached hydrogens (tertiary/aromatic N) is 2. The van der Waals surface area contributed by atoms with E-state index in [-0.39, 0.29) is 5.91 Å². The van der Waals surface area contributed by atoms with E-state index in [0.29, 0.717) is 13.0 Å². The maximum Gasteiger partial charge on any atom is 0.223 e. The topological polar surface area (TPSA) is 46.3 Å². The van der Waals surface area contributed by atoms with Gasteiger partial charge in [0, 0.05) is 29.4 Å². The standard InChI is InChI=1S/C15H15BrN2O2/c16-13-4-2-1-3-11(13)5-6-15(19)18-8-7-14-12(10-18)9-17-20-14/h1-4,9H,5-8,10H2. The number of aromatic nitrogens is 1. The molecular formula is C15H15BrN2O2. The number of halogens is 1. The molecule has 1 aromatic carbocycles. The number of aryl methyl sites for hydroxylation is 1. The first-order chi connectivity index (χ1) is 9.74. The van der Waals surface area contributed by atoms with Crippen LogP contribution in [0.4, 0.5) is 0 Å². The van der Waals surface area contributed by atoms with Crippen LogP contribution in [0.1, 0.15) is 23.3 Å². The molecule has 0 saturated carbocycles. The second-order valence-electron chi connectivity index (χ2n) is 4.93. The summed E-state index contributed by atoms with van der Waals surface area (Å²) in [4.78, 5) is 14.2. The lowest BCUT2D eigenvalue weighted by Crippen LogP contribution is -2.35. The second-order valence-corrected chi connectivity index (χ2v) is 5.79. The lowest BCUT2D eigenvalue weighted by Gasteiger charge is -2.25. The molecule has 0 unspecified atom stereocenters. The van der Waals surface area contributed by atoms with Gasteiger partial charge >= 0.3 is 0 Å². The average molecular weight is 335 g/mol. The molecule has 0 aliphatic carbocycles. The summed E-state index contributed by atoms with van der Waals surface area (Å²) in [5.74, 6) is 1.10. The molecule has 0 atom stereocenters. The molecule has 0 fully saturated rings. The maximum absolute atomic E-state index is 12.3. The molecule has 1 aliphatic heterocycles. The fraction of sp³-hybridized carbons (Fsp3) is 0.333. The summed E-state index contributed by atoms with van der Waals surface area (Å²) < 4.78 is 6.20. The molecule has 0 radical (unpaired) electrons. The van der Waals surface area contributed by atoms with E-state index in [1.54, 1.807) is 6.20 Å². The Morgan fingerprint density at radius 2 is 2.25 bits per heavy atom. The predicted octanol–water partition coefficient (Wildman–Crippen LogP) is 2.95. The van der Waals surface area contributed by atoms with Crippen LogP contribution in [0.5, 0.6) is 0 Å². The van der Waals surface area contributed by atoms with Crippen molar-refractivity contribution in [2.24, 2.45) is 0 Å². The zero-order valence-electron chi connectivity index (χ0n) is 11.0. The van der Waals surface area contributed by atoms with Gasteiger partial charge in [-0.1, -0.05) is 39.3 Å². The molecule has 1 aliphatic rings. The molecule has 2 heterocycles. The van der Waals surface area contributed by atoms with E-state index in [1.165, 1.54) is 5.56 Å². The molecule has 2 aromatic rings. The molecular weight excluding hydrogens is 320 g/mol. The van der Waals surface area contributed by atoms with Gasteiger partial charge in [0.2, 0.25) is 5.91 Å². The van der Waals surface area contributed by atoms with Gasteiger partial charge in [0.15, 0.2) is 0 Å². The monoisotopic (exact) mass is 334 g/mol. The van der Waals surface area contributed by atoms with Crippen LogP contribution in [-0.2, 0) is 24.2 Å². The van der Waals surface area contributed by atoms with Crippen LogP contribution in [0.15, 0.2) is 39.5 Å². The number of rotatable bonds is 3. The first-order valence-corrected chi connectivity index (χ1v) is 7.47. The van der Waals surface area contributed by atoms with Gasteiger partial charge in [0.05, 0.1) is 12.7 Å². The molecule has 0 spiro atoms. The number of carbonyl (C=O) groups excluding carboxylic acids is 1. The lowest BCUT2D eigenvalue weighted by atomic mass is 10.1. The zero-order chi connectivity index (χ0) is 13.9. The number of hydrogen-bond acceptors (Lipinski definition) is 3. The molecule has 1 aromatic heterocycles. The van der Waals surface area contributed by atoms with Crippen LogP contribution in [0, 0.1) is 0 Å². The van der Waals surface area contributed by atoms with E-state index >= 15 is 0 Å². The lowest BCUT2D eigenvalue weighted by molar-refractivity contribution is -0.132. The van der Waals surface area contributed by atoms with Crippen molar-refractivity contribution in [3.05, 3.63) is 51.8 Å². The molecule has 4 nitrogen and oxygen atoms in total. The van der Waals surface area contributed by atoms with E-state index in [4.69, 9.17) is 4.52 Å². The summed E-state index contributed by atoms with van der Waals surface area (Å²) in [6.45, 7) is 1.34. The van der Waals surface area contributed by atoms with Crippen molar-refractivity contribution < 1.29 is 9.32 Å². The van der Waals surface area contributed by atoms with E-state index < -0.39 is 0 Å². The van der Waals surface area contributed by atoms with Gasteiger partial charge in [0.25, 0.3) is 0 Å². The summed E-state index contributed by atoms with van der Waals surface area (Å²) in [5, 5.41) is 3.78. The van der Waals surface area contributed by atoms with Gasteiger partial charge in [-0.3, -0.25) is 4.79 Å². The van der Waals surface area contributed by atoms with Gasteiger partial charge < -0.3 is 9.42 Å². The average Bonchev–Trinajstić information content (AvgIpc) is 2.93. The predicted molar refractivity (Wildman–Crippen MR) is 78.1 cm³/mol. The molecule has 1 amide bonds. The number of amides is 1. The van der Waals surface area contributed by atoms with Crippen LogP contribution in [-0.4, -0.2) is 22.5 Å². The van der Waals surface area contributed by atoms with Crippen molar-refractivity contribution in [3.8, 4) is 0 Å². The van der Waals surface area contributed by atoms with Gasteiger partial charge in [0.1, 0.15) is 5.76 Å². The SMILES string of the molecule is O=C(CCc1ccccc1Br)N1CCc2oncc2C1. The van der Waals surface area contributed by atoms with E-state index in [9.17, 15) is 4.79 Å². The summed E-state index contributed by atoms with van der Waals surface area (Å²) >= 11 is 3.51. The Kier molecular flexibility index (Phi) is 3.87. The van der Waals surface area contributed by atoms with Gasteiger partial charge in [-0.25, -0.2) is 0 Å². The highest BCUT2D eigenvalue weighted by Crippen LogP contribution is 2.21. The van der Waals surface area contributed by atoms with Gasteiger partial charge in [-0.05, 0) is 18.1 Å². The molecule has 5 heteroatoms. The van der Waals surface area contributed by atoms with Crippen LogP contribution < -0.4 is 0 Å². The zero-order valence-corrected chi connectivity index (χ0v) is 12.6. The Labute approximate surface area is 125 Å². The number of benzene rings is 1. The van der Waals surface area contributed by atoms with Crippen LogP contribution in [0.2, 0.25) is 0 Å². The quantitative estimate of drug-likeness (QED) is 0.866. The highest BCUT2D eigenvalue weighted by atomic mass is 79.9. The summed E-state index contributed by atoms with van der Waals surface area (Å²) in [7, 11) is 0. The molecule has 0 bridgehead atoms. The van der Waals surface area contributed by atoms with Crippen molar-refractivity contribution in [1.29, 1.82) is 0 Å². The Balaban J connectivity index is 1.59. The van der Waals surface area contributed by atoms with Crippen molar-refractivity contribution in [2.75, 3.05) is 6.54 Å².